The lowest BCUT2D eigenvalue weighted by Crippen LogP contribution is -2.15. The lowest BCUT2D eigenvalue weighted by Gasteiger charge is -2.07. The van der Waals surface area contributed by atoms with Crippen molar-refractivity contribution in [2.24, 2.45) is 0 Å². The first-order valence-corrected chi connectivity index (χ1v) is 9.35. The Morgan fingerprint density at radius 1 is 1.24 bits per heavy atom. The summed E-state index contributed by atoms with van der Waals surface area (Å²) in [6.07, 6.45) is 4.97. The van der Waals surface area contributed by atoms with Crippen molar-refractivity contribution in [3.63, 3.8) is 0 Å². The summed E-state index contributed by atoms with van der Waals surface area (Å²) < 4.78 is 5.59. The summed E-state index contributed by atoms with van der Waals surface area (Å²) in [5.74, 6) is 1.57. The number of fused-ring (bicyclic) bond motifs is 2. The van der Waals surface area contributed by atoms with E-state index in [2.05, 4.69) is 33.5 Å². The first kappa shape index (κ1) is 16.1. The van der Waals surface area contributed by atoms with Crippen LogP contribution in [-0.2, 0) is 17.6 Å². The molecule has 0 atom stereocenters. The minimum atomic E-state index is -0.0799. The molecule has 0 radical (unpaired) electrons. The van der Waals surface area contributed by atoms with Crippen LogP contribution in [0.5, 0.6) is 0 Å². The minimum absolute atomic E-state index is 0.0799. The molecule has 0 unspecified atom stereocenters. The van der Waals surface area contributed by atoms with Gasteiger partial charge in [-0.2, -0.15) is 0 Å². The molecule has 1 aromatic carbocycles. The molecule has 3 aromatic rings. The second-order valence-corrected chi connectivity index (χ2v) is 7.36. The van der Waals surface area contributed by atoms with E-state index in [1.54, 1.807) is 11.8 Å². The van der Waals surface area contributed by atoms with Crippen molar-refractivity contribution in [1.29, 1.82) is 0 Å². The van der Waals surface area contributed by atoms with Gasteiger partial charge in [-0.15, -0.1) is 11.8 Å². The number of thioether (sulfide) groups is 1. The molecule has 4 rings (SSSR count). The highest BCUT2D eigenvalue weighted by atomic mass is 32.2. The maximum Gasteiger partial charge on any atom is 0.235 e. The first-order valence-electron chi connectivity index (χ1n) is 8.37. The van der Waals surface area contributed by atoms with Crippen molar-refractivity contribution in [3.8, 4) is 0 Å². The fourth-order valence-electron chi connectivity index (χ4n) is 3.23. The van der Waals surface area contributed by atoms with Crippen LogP contribution in [0.1, 0.15) is 28.9 Å². The van der Waals surface area contributed by atoms with E-state index in [0.29, 0.717) is 17.3 Å². The number of aromatic nitrogens is 2. The quantitative estimate of drug-likeness (QED) is 0.717. The molecule has 2 aromatic heterocycles. The lowest BCUT2D eigenvalue weighted by molar-refractivity contribution is -0.113. The third-order valence-corrected chi connectivity index (χ3v) is 5.66. The van der Waals surface area contributed by atoms with Crippen LogP contribution in [0.4, 0.5) is 5.82 Å². The molecule has 0 saturated carbocycles. The predicted octanol–water partition coefficient (Wildman–Crippen LogP) is 4.06. The monoisotopic (exact) mass is 353 g/mol. The number of hydrogen-bond donors (Lipinski definition) is 1. The van der Waals surface area contributed by atoms with Crippen molar-refractivity contribution >= 4 is 34.6 Å². The number of amides is 1. The van der Waals surface area contributed by atoms with Crippen LogP contribution in [-0.4, -0.2) is 21.6 Å². The molecular weight excluding hydrogens is 334 g/mol. The maximum absolute atomic E-state index is 12.4. The molecule has 0 saturated heterocycles. The van der Waals surface area contributed by atoms with E-state index < -0.39 is 0 Å². The molecule has 128 valence electrons. The number of carbonyl (C=O) groups excluding carboxylic acids is 1. The Balaban J connectivity index is 1.46. The van der Waals surface area contributed by atoms with E-state index >= 15 is 0 Å². The number of hydrogen-bond acceptors (Lipinski definition) is 5. The van der Waals surface area contributed by atoms with Gasteiger partial charge < -0.3 is 9.73 Å². The summed E-state index contributed by atoms with van der Waals surface area (Å²) in [7, 11) is 0. The zero-order valence-electron chi connectivity index (χ0n) is 14.3. The SMILES string of the molecule is Cc1oc2ncnc(NC(=O)CSc3ccc4c(c3)CCC4)c2c1C. The second-order valence-electron chi connectivity index (χ2n) is 6.31. The fourth-order valence-corrected chi connectivity index (χ4v) is 3.99. The van der Waals surface area contributed by atoms with Crippen molar-refractivity contribution in [3.05, 3.63) is 47.0 Å². The average molecular weight is 353 g/mol. The van der Waals surface area contributed by atoms with Crippen LogP contribution >= 0.6 is 11.8 Å². The van der Waals surface area contributed by atoms with Gasteiger partial charge in [-0.25, -0.2) is 9.97 Å². The predicted molar refractivity (Wildman–Crippen MR) is 99.1 cm³/mol. The van der Waals surface area contributed by atoms with Gasteiger partial charge in [-0.1, -0.05) is 6.07 Å². The van der Waals surface area contributed by atoms with E-state index in [-0.39, 0.29) is 5.91 Å². The fraction of sp³-hybridized carbons (Fsp3) is 0.316. The van der Waals surface area contributed by atoms with Gasteiger partial charge >= 0.3 is 0 Å². The van der Waals surface area contributed by atoms with Crippen molar-refractivity contribution in [1.82, 2.24) is 9.97 Å². The van der Waals surface area contributed by atoms with Crippen molar-refractivity contribution in [2.45, 2.75) is 38.0 Å². The number of carbonyl (C=O) groups is 1. The Morgan fingerprint density at radius 2 is 2.08 bits per heavy atom. The van der Waals surface area contributed by atoms with Gasteiger partial charge in [0.25, 0.3) is 0 Å². The summed E-state index contributed by atoms with van der Waals surface area (Å²) >= 11 is 1.55. The molecule has 25 heavy (non-hydrogen) atoms. The van der Waals surface area contributed by atoms with Crippen LogP contribution in [0, 0.1) is 13.8 Å². The molecule has 2 heterocycles. The molecule has 0 bridgehead atoms. The molecule has 0 spiro atoms. The topological polar surface area (TPSA) is 68.0 Å². The maximum atomic E-state index is 12.4. The zero-order valence-corrected chi connectivity index (χ0v) is 15.1. The Bertz CT molecular complexity index is 965. The lowest BCUT2D eigenvalue weighted by atomic mass is 10.1. The Labute approximate surface area is 150 Å². The second kappa shape index (κ2) is 6.52. The summed E-state index contributed by atoms with van der Waals surface area (Å²) in [4.78, 5) is 21.8. The van der Waals surface area contributed by atoms with Gasteiger partial charge in [0.1, 0.15) is 17.9 Å². The molecule has 1 amide bonds. The number of rotatable bonds is 4. The van der Waals surface area contributed by atoms with E-state index in [1.807, 2.05) is 13.8 Å². The van der Waals surface area contributed by atoms with Crippen molar-refractivity contribution < 1.29 is 9.21 Å². The van der Waals surface area contributed by atoms with Crippen LogP contribution in [0.2, 0.25) is 0 Å². The van der Waals surface area contributed by atoms with Crippen LogP contribution in [0.25, 0.3) is 11.1 Å². The highest BCUT2D eigenvalue weighted by Crippen LogP contribution is 2.29. The molecule has 5 nitrogen and oxygen atoms in total. The molecular formula is C19H19N3O2S. The number of nitrogens with one attached hydrogen (secondary N) is 1. The first-order chi connectivity index (χ1) is 12.1. The molecule has 6 heteroatoms. The smallest absolute Gasteiger partial charge is 0.235 e. The normalized spacial score (nSPS) is 13.2. The molecule has 1 aliphatic rings. The Hall–Kier alpha value is -2.34. The number of aryl methyl sites for hydroxylation is 4. The van der Waals surface area contributed by atoms with Gasteiger partial charge in [0.2, 0.25) is 11.6 Å². The third kappa shape index (κ3) is 3.14. The van der Waals surface area contributed by atoms with Crippen LogP contribution < -0.4 is 5.32 Å². The van der Waals surface area contributed by atoms with Gasteiger partial charge in [-0.05, 0) is 56.4 Å². The van der Waals surface area contributed by atoms with Gasteiger partial charge in [0, 0.05) is 10.5 Å². The summed E-state index contributed by atoms with van der Waals surface area (Å²) in [5.41, 5.74) is 4.33. The van der Waals surface area contributed by atoms with E-state index in [1.165, 1.54) is 30.3 Å². The van der Waals surface area contributed by atoms with Gasteiger partial charge in [-0.3, -0.25) is 4.79 Å². The standard InChI is InChI=1S/C19H19N3O2S/c1-11-12(2)24-19-17(11)18(20-10-21-19)22-16(23)9-25-15-7-6-13-4-3-5-14(13)8-15/h6-8,10H,3-5,9H2,1-2H3,(H,20,21,22,23). The molecule has 1 N–H and O–H groups in total. The highest BCUT2D eigenvalue weighted by Gasteiger charge is 2.16. The van der Waals surface area contributed by atoms with Crippen LogP contribution in [0.3, 0.4) is 0 Å². The summed E-state index contributed by atoms with van der Waals surface area (Å²) in [6.45, 7) is 3.83. The summed E-state index contributed by atoms with van der Waals surface area (Å²) in [6, 6.07) is 6.51. The highest BCUT2D eigenvalue weighted by molar-refractivity contribution is 8.00. The third-order valence-electron chi connectivity index (χ3n) is 4.66. The number of anilines is 1. The van der Waals surface area contributed by atoms with Gasteiger partial charge in [0.05, 0.1) is 11.1 Å². The Morgan fingerprint density at radius 3 is 2.96 bits per heavy atom. The van der Waals surface area contributed by atoms with E-state index in [9.17, 15) is 4.79 Å². The minimum Gasteiger partial charge on any atom is -0.443 e. The number of benzene rings is 1. The zero-order chi connectivity index (χ0) is 17.4. The molecule has 1 aliphatic carbocycles. The number of furan rings is 1. The largest absolute Gasteiger partial charge is 0.443 e. The van der Waals surface area contributed by atoms with E-state index in [4.69, 9.17) is 4.42 Å². The average Bonchev–Trinajstić information content (AvgIpc) is 3.18. The Kier molecular flexibility index (Phi) is 4.21. The summed E-state index contributed by atoms with van der Waals surface area (Å²) in [5, 5.41) is 3.66. The van der Waals surface area contributed by atoms with E-state index in [0.717, 1.165) is 28.0 Å². The molecule has 0 aliphatic heterocycles. The molecule has 0 fully saturated rings. The van der Waals surface area contributed by atoms with Crippen molar-refractivity contribution in [2.75, 3.05) is 11.1 Å². The van der Waals surface area contributed by atoms with Crippen LogP contribution in [0.15, 0.2) is 33.8 Å². The number of nitrogens with zero attached hydrogens (tertiary/aromatic N) is 2. The van der Waals surface area contributed by atoms with Gasteiger partial charge in [0.15, 0.2) is 0 Å².